The van der Waals surface area contributed by atoms with Gasteiger partial charge in [0.05, 0.1) is 0 Å². The topological polar surface area (TPSA) is 64.3 Å². The molecule has 0 aliphatic heterocycles. The van der Waals surface area contributed by atoms with Crippen LogP contribution in [0.15, 0.2) is 17.5 Å². The van der Waals surface area contributed by atoms with Crippen molar-refractivity contribution >= 4 is 17.4 Å². The van der Waals surface area contributed by atoms with Crippen LogP contribution in [0.4, 0.5) is 4.79 Å². The molecule has 1 amide bonds. The van der Waals surface area contributed by atoms with Crippen molar-refractivity contribution in [3.63, 3.8) is 0 Å². The number of carbonyl (C=O) groups excluding carboxylic acids is 1. The molecular formula is C12H20N2O2S. The molecule has 0 aromatic carbocycles. The zero-order valence-corrected chi connectivity index (χ0v) is 11.3. The highest BCUT2D eigenvalue weighted by molar-refractivity contribution is 7.09. The molecule has 1 aromatic rings. The molecule has 4 nitrogen and oxygen atoms in total. The lowest BCUT2D eigenvalue weighted by Crippen LogP contribution is -2.40. The van der Waals surface area contributed by atoms with E-state index in [2.05, 4.69) is 5.32 Å². The second kappa shape index (κ2) is 6.02. The van der Waals surface area contributed by atoms with Gasteiger partial charge in [-0.1, -0.05) is 6.07 Å². The van der Waals surface area contributed by atoms with Crippen LogP contribution in [-0.4, -0.2) is 24.3 Å². The van der Waals surface area contributed by atoms with Crippen LogP contribution in [0.3, 0.4) is 0 Å². The van der Waals surface area contributed by atoms with Gasteiger partial charge in [0.15, 0.2) is 0 Å². The van der Waals surface area contributed by atoms with E-state index in [0.29, 0.717) is 6.54 Å². The Morgan fingerprint density at radius 2 is 2.29 bits per heavy atom. The normalized spacial score (nSPS) is 13.2. The van der Waals surface area contributed by atoms with Crippen LogP contribution in [-0.2, 0) is 11.2 Å². The van der Waals surface area contributed by atoms with E-state index in [9.17, 15) is 4.79 Å². The van der Waals surface area contributed by atoms with Gasteiger partial charge in [-0.15, -0.1) is 11.3 Å². The average Bonchev–Trinajstić information content (AvgIpc) is 2.64. The van der Waals surface area contributed by atoms with Crippen molar-refractivity contribution in [1.82, 2.24) is 5.32 Å². The third kappa shape index (κ3) is 6.28. The number of nitrogens with two attached hydrogens (primary N) is 1. The molecule has 0 spiro atoms. The maximum absolute atomic E-state index is 11.4. The Balaban J connectivity index is 2.24. The van der Waals surface area contributed by atoms with E-state index in [1.807, 2.05) is 38.3 Å². The lowest BCUT2D eigenvalue weighted by atomic mass is 10.2. The van der Waals surface area contributed by atoms with Gasteiger partial charge in [0.2, 0.25) is 0 Å². The quantitative estimate of drug-likeness (QED) is 0.867. The first-order valence-corrected chi connectivity index (χ1v) is 6.49. The predicted molar refractivity (Wildman–Crippen MR) is 70.2 cm³/mol. The first kappa shape index (κ1) is 14.0. The lowest BCUT2D eigenvalue weighted by Gasteiger charge is -2.20. The summed E-state index contributed by atoms with van der Waals surface area (Å²) in [5.41, 5.74) is 5.44. The highest BCUT2D eigenvalue weighted by atomic mass is 32.1. The van der Waals surface area contributed by atoms with Gasteiger partial charge in [0, 0.05) is 17.5 Å². The molecule has 0 saturated carbocycles. The highest BCUT2D eigenvalue weighted by Gasteiger charge is 2.16. The Morgan fingerprint density at radius 1 is 1.59 bits per heavy atom. The second-order valence-electron chi connectivity index (χ2n) is 4.93. The molecule has 1 aromatic heterocycles. The number of amides is 1. The molecule has 0 fully saturated rings. The maximum atomic E-state index is 11.4. The van der Waals surface area contributed by atoms with Crippen molar-refractivity contribution in [2.24, 2.45) is 5.73 Å². The van der Waals surface area contributed by atoms with E-state index < -0.39 is 11.7 Å². The number of hydrogen-bond acceptors (Lipinski definition) is 4. The standard InChI is InChI=1S/C12H20N2O2S/c1-12(2,3)16-11(15)14-8-9(13)7-10-5-4-6-17-10/h4-6,9H,7-8,13H2,1-3H3,(H,14,15). The molecule has 1 atom stereocenters. The van der Waals surface area contributed by atoms with Crippen LogP contribution in [0.5, 0.6) is 0 Å². The van der Waals surface area contributed by atoms with Gasteiger partial charge < -0.3 is 15.8 Å². The summed E-state index contributed by atoms with van der Waals surface area (Å²) in [5, 5.41) is 4.69. The minimum atomic E-state index is -0.470. The Bertz CT molecular complexity index is 344. The summed E-state index contributed by atoms with van der Waals surface area (Å²) in [6.07, 6.45) is 0.354. The third-order valence-corrected chi connectivity index (χ3v) is 2.85. The van der Waals surface area contributed by atoms with Crippen LogP contribution in [0.25, 0.3) is 0 Å². The number of alkyl carbamates (subject to hydrolysis) is 1. The molecule has 1 unspecified atom stereocenters. The van der Waals surface area contributed by atoms with Crippen LogP contribution in [0.1, 0.15) is 25.6 Å². The first-order valence-electron chi connectivity index (χ1n) is 5.61. The van der Waals surface area contributed by atoms with Crippen LogP contribution < -0.4 is 11.1 Å². The summed E-state index contributed by atoms with van der Waals surface area (Å²) >= 11 is 1.67. The molecule has 0 aliphatic rings. The zero-order valence-electron chi connectivity index (χ0n) is 10.5. The predicted octanol–water partition coefficient (Wildman–Crippen LogP) is 2.14. The van der Waals surface area contributed by atoms with E-state index in [0.717, 1.165) is 6.42 Å². The van der Waals surface area contributed by atoms with Gasteiger partial charge in [-0.2, -0.15) is 0 Å². The summed E-state index contributed by atoms with van der Waals surface area (Å²) in [4.78, 5) is 12.6. The maximum Gasteiger partial charge on any atom is 0.407 e. The molecule has 0 saturated heterocycles. The van der Waals surface area contributed by atoms with Crippen LogP contribution in [0, 0.1) is 0 Å². The number of carbonyl (C=O) groups is 1. The molecule has 1 rings (SSSR count). The minimum Gasteiger partial charge on any atom is -0.444 e. The molecule has 0 bridgehead atoms. The summed E-state index contributed by atoms with van der Waals surface area (Å²) in [5.74, 6) is 0. The van der Waals surface area contributed by atoms with Crippen molar-refractivity contribution in [3.8, 4) is 0 Å². The number of ether oxygens (including phenoxy) is 1. The van der Waals surface area contributed by atoms with Crippen molar-refractivity contribution in [2.45, 2.75) is 38.8 Å². The molecular weight excluding hydrogens is 236 g/mol. The van der Waals surface area contributed by atoms with Crippen LogP contribution >= 0.6 is 11.3 Å². The SMILES string of the molecule is CC(C)(C)OC(=O)NCC(N)Cc1cccs1. The fourth-order valence-corrected chi connectivity index (χ4v) is 2.09. The molecule has 17 heavy (non-hydrogen) atoms. The van der Waals surface area contributed by atoms with Gasteiger partial charge in [0.25, 0.3) is 0 Å². The van der Waals surface area contributed by atoms with E-state index in [-0.39, 0.29) is 6.04 Å². The van der Waals surface area contributed by atoms with Crippen molar-refractivity contribution in [1.29, 1.82) is 0 Å². The Hall–Kier alpha value is -1.07. The minimum absolute atomic E-state index is 0.0823. The first-order chi connectivity index (χ1) is 7.87. The van der Waals surface area contributed by atoms with E-state index in [1.54, 1.807) is 11.3 Å². The highest BCUT2D eigenvalue weighted by Crippen LogP contribution is 2.10. The van der Waals surface area contributed by atoms with Crippen LogP contribution in [0.2, 0.25) is 0 Å². The lowest BCUT2D eigenvalue weighted by molar-refractivity contribution is 0.0524. The zero-order chi connectivity index (χ0) is 12.9. The summed E-state index contributed by atoms with van der Waals surface area (Å²) in [7, 11) is 0. The number of rotatable bonds is 4. The molecule has 0 aliphatic carbocycles. The fourth-order valence-electron chi connectivity index (χ4n) is 1.29. The van der Waals surface area contributed by atoms with Gasteiger partial charge >= 0.3 is 6.09 Å². The van der Waals surface area contributed by atoms with E-state index >= 15 is 0 Å². The summed E-state index contributed by atoms with van der Waals surface area (Å²) in [6, 6.07) is 3.95. The van der Waals surface area contributed by atoms with E-state index in [1.165, 1.54) is 4.88 Å². The largest absolute Gasteiger partial charge is 0.444 e. The fraction of sp³-hybridized carbons (Fsp3) is 0.583. The number of thiophene rings is 1. The Morgan fingerprint density at radius 3 is 2.82 bits per heavy atom. The van der Waals surface area contributed by atoms with Gasteiger partial charge in [-0.25, -0.2) is 4.79 Å². The molecule has 96 valence electrons. The van der Waals surface area contributed by atoms with Gasteiger partial charge in [0.1, 0.15) is 5.60 Å². The Kier molecular flexibility index (Phi) is 4.96. The van der Waals surface area contributed by atoms with Crippen molar-refractivity contribution in [3.05, 3.63) is 22.4 Å². The molecule has 0 radical (unpaired) electrons. The van der Waals surface area contributed by atoms with E-state index in [4.69, 9.17) is 10.5 Å². The van der Waals surface area contributed by atoms with Crippen molar-refractivity contribution < 1.29 is 9.53 Å². The molecule has 3 N–H and O–H groups in total. The second-order valence-corrected chi connectivity index (χ2v) is 5.96. The average molecular weight is 256 g/mol. The number of nitrogens with one attached hydrogen (secondary N) is 1. The molecule has 1 heterocycles. The summed E-state index contributed by atoms with van der Waals surface area (Å²) in [6.45, 7) is 5.92. The molecule has 5 heteroatoms. The third-order valence-electron chi connectivity index (χ3n) is 1.95. The smallest absolute Gasteiger partial charge is 0.407 e. The van der Waals surface area contributed by atoms with Gasteiger partial charge in [-0.3, -0.25) is 0 Å². The summed E-state index contributed by atoms with van der Waals surface area (Å²) < 4.78 is 5.12. The van der Waals surface area contributed by atoms with Gasteiger partial charge in [-0.05, 0) is 38.6 Å². The number of hydrogen-bond donors (Lipinski definition) is 2. The Labute approximate surface area is 106 Å². The van der Waals surface area contributed by atoms with Crippen molar-refractivity contribution in [2.75, 3.05) is 6.54 Å². The monoisotopic (exact) mass is 256 g/mol.